The fourth-order valence-corrected chi connectivity index (χ4v) is 4.00. The number of benzene rings is 5. The monoisotopic (exact) mass is 421 g/mol. The number of fused-ring (bicyclic) bond motifs is 1. The second kappa shape index (κ2) is 8.64. The van der Waals surface area contributed by atoms with E-state index in [0.29, 0.717) is 12.1 Å². The lowest BCUT2D eigenvalue weighted by Crippen LogP contribution is -2.01. The van der Waals surface area contributed by atoms with Crippen LogP contribution in [-0.2, 0) is 6.54 Å². The Morgan fingerprint density at radius 1 is 0.594 bits per heavy atom. The van der Waals surface area contributed by atoms with E-state index < -0.39 is 0 Å². The minimum absolute atomic E-state index is 0.229. The van der Waals surface area contributed by atoms with Gasteiger partial charge in [-0.15, -0.1) is 0 Å². The molecule has 1 N–H and O–H groups in total. The topological polar surface area (TPSA) is 12.0 Å². The summed E-state index contributed by atoms with van der Waals surface area (Å²) in [5.74, 6) is -0.475. The Bertz CT molecular complexity index is 1390. The van der Waals surface area contributed by atoms with Crippen LogP contribution in [0.4, 0.5) is 14.5 Å². The van der Waals surface area contributed by atoms with Gasteiger partial charge in [0.15, 0.2) is 0 Å². The molecule has 0 aliphatic carbocycles. The molecule has 5 aromatic rings. The Labute approximate surface area is 186 Å². The SMILES string of the molecule is Fc1cccc(-c2ccc3c(NCc4ccc(-c5ccccc5)c(F)c4)cccc3c2)c1. The van der Waals surface area contributed by atoms with Gasteiger partial charge in [0, 0.05) is 23.2 Å². The molecule has 0 radical (unpaired) electrons. The molecule has 0 amide bonds. The van der Waals surface area contributed by atoms with E-state index in [-0.39, 0.29) is 11.6 Å². The summed E-state index contributed by atoms with van der Waals surface area (Å²) in [4.78, 5) is 0. The summed E-state index contributed by atoms with van der Waals surface area (Å²) in [5.41, 5.74) is 5.13. The largest absolute Gasteiger partial charge is 0.380 e. The molecule has 0 aliphatic rings. The Morgan fingerprint density at radius 2 is 1.38 bits per heavy atom. The van der Waals surface area contributed by atoms with Crippen LogP contribution in [0.25, 0.3) is 33.0 Å². The second-order valence-corrected chi connectivity index (χ2v) is 7.79. The van der Waals surface area contributed by atoms with Crippen molar-refractivity contribution in [2.75, 3.05) is 5.32 Å². The van der Waals surface area contributed by atoms with Crippen molar-refractivity contribution < 1.29 is 8.78 Å². The van der Waals surface area contributed by atoms with Gasteiger partial charge < -0.3 is 5.32 Å². The first-order valence-electron chi connectivity index (χ1n) is 10.5. The number of hydrogen-bond acceptors (Lipinski definition) is 1. The van der Waals surface area contributed by atoms with Gasteiger partial charge in [-0.05, 0) is 58.0 Å². The lowest BCUT2D eigenvalue weighted by molar-refractivity contribution is 0.628. The minimum atomic E-state index is -0.247. The van der Waals surface area contributed by atoms with E-state index in [0.717, 1.165) is 38.7 Å². The van der Waals surface area contributed by atoms with Crippen LogP contribution >= 0.6 is 0 Å². The van der Waals surface area contributed by atoms with Crippen LogP contribution in [0.5, 0.6) is 0 Å². The van der Waals surface area contributed by atoms with Gasteiger partial charge >= 0.3 is 0 Å². The maximum absolute atomic E-state index is 14.7. The Balaban J connectivity index is 1.38. The predicted molar refractivity (Wildman–Crippen MR) is 129 cm³/mol. The predicted octanol–water partition coefficient (Wildman–Crippen LogP) is 8.06. The molecule has 156 valence electrons. The fourth-order valence-electron chi connectivity index (χ4n) is 4.00. The molecule has 5 aromatic carbocycles. The van der Waals surface area contributed by atoms with Gasteiger partial charge in [-0.25, -0.2) is 8.78 Å². The number of nitrogens with one attached hydrogen (secondary N) is 1. The van der Waals surface area contributed by atoms with Crippen LogP contribution in [0, 0.1) is 11.6 Å². The molecule has 0 atom stereocenters. The number of rotatable bonds is 5. The van der Waals surface area contributed by atoms with Gasteiger partial charge in [-0.2, -0.15) is 0 Å². The van der Waals surface area contributed by atoms with E-state index >= 15 is 0 Å². The average molecular weight is 421 g/mol. The van der Waals surface area contributed by atoms with Gasteiger partial charge in [0.05, 0.1) is 0 Å². The summed E-state index contributed by atoms with van der Waals surface area (Å²) >= 11 is 0. The van der Waals surface area contributed by atoms with Gasteiger partial charge in [0.25, 0.3) is 0 Å². The molecule has 0 spiro atoms. The molecule has 0 heterocycles. The maximum Gasteiger partial charge on any atom is 0.131 e. The van der Waals surface area contributed by atoms with Crippen LogP contribution in [0.1, 0.15) is 5.56 Å². The lowest BCUT2D eigenvalue weighted by Gasteiger charge is -2.12. The van der Waals surface area contributed by atoms with E-state index in [1.807, 2.05) is 78.9 Å². The first-order valence-corrected chi connectivity index (χ1v) is 10.5. The van der Waals surface area contributed by atoms with Crippen molar-refractivity contribution in [3.8, 4) is 22.3 Å². The highest BCUT2D eigenvalue weighted by atomic mass is 19.1. The molecule has 0 unspecified atom stereocenters. The first kappa shape index (κ1) is 20.0. The molecular weight excluding hydrogens is 400 g/mol. The summed E-state index contributed by atoms with van der Waals surface area (Å²) in [7, 11) is 0. The zero-order valence-electron chi connectivity index (χ0n) is 17.4. The standard InChI is InChI=1S/C29H21F2N/c30-25-10-4-8-22(18-25)23-13-15-27-24(17-23)9-5-11-29(27)32-19-20-12-14-26(28(31)16-20)21-6-2-1-3-7-21/h1-18,32H,19H2. The van der Waals surface area contributed by atoms with Crippen LogP contribution in [0.3, 0.4) is 0 Å². The smallest absolute Gasteiger partial charge is 0.131 e. The van der Waals surface area contributed by atoms with Crippen LogP contribution in [0.2, 0.25) is 0 Å². The molecule has 0 aromatic heterocycles. The third-order valence-electron chi connectivity index (χ3n) is 5.64. The lowest BCUT2D eigenvalue weighted by atomic mass is 10.00. The van der Waals surface area contributed by atoms with E-state index in [1.54, 1.807) is 12.1 Å². The molecule has 0 bridgehead atoms. The van der Waals surface area contributed by atoms with Crippen molar-refractivity contribution in [3.63, 3.8) is 0 Å². The normalized spacial score (nSPS) is 10.9. The summed E-state index contributed by atoms with van der Waals surface area (Å²) in [5, 5.41) is 5.55. The van der Waals surface area contributed by atoms with Gasteiger partial charge in [-0.1, -0.05) is 78.9 Å². The minimum Gasteiger partial charge on any atom is -0.380 e. The molecule has 0 fully saturated rings. The molecule has 32 heavy (non-hydrogen) atoms. The van der Waals surface area contributed by atoms with Crippen molar-refractivity contribution in [3.05, 3.63) is 126 Å². The van der Waals surface area contributed by atoms with Crippen LogP contribution in [0.15, 0.2) is 109 Å². The zero-order valence-corrected chi connectivity index (χ0v) is 17.4. The molecule has 1 nitrogen and oxygen atoms in total. The van der Waals surface area contributed by atoms with Crippen molar-refractivity contribution >= 4 is 16.5 Å². The second-order valence-electron chi connectivity index (χ2n) is 7.79. The Morgan fingerprint density at radius 3 is 2.19 bits per heavy atom. The highest BCUT2D eigenvalue weighted by Gasteiger charge is 2.08. The van der Waals surface area contributed by atoms with Crippen molar-refractivity contribution in [1.29, 1.82) is 0 Å². The number of halogens is 2. The molecule has 0 saturated carbocycles. The third-order valence-corrected chi connectivity index (χ3v) is 5.64. The molecular formula is C29H21F2N. The Hall–Kier alpha value is -3.98. The molecule has 0 saturated heterocycles. The summed E-state index contributed by atoms with van der Waals surface area (Å²) in [6.07, 6.45) is 0. The fraction of sp³-hybridized carbons (Fsp3) is 0.0345. The number of hydrogen-bond donors (Lipinski definition) is 1. The highest BCUT2D eigenvalue weighted by Crippen LogP contribution is 2.30. The molecule has 0 aliphatic heterocycles. The molecule has 5 rings (SSSR count). The zero-order chi connectivity index (χ0) is 21.9. The third kappa shape index (κ3) is 4.10. The summed E-state index contributed by atoms with van der Waals surface area (Å²) in [6, 6.07) is 33.7. The summed E-state index contributed by atoms with van der Waals surface area (Å²) < 4.78 is 28.3. The van der Waals surface area contributed by atoms with Crippen molar-refractivity contribution in [2.24, 2.45) is 0 Å². The quantitative estimate of drug-likeness (QED) is 0.303. The Kier molecular flexibility index (Phi) is 5.39. The number of anilines is 1. The van der Waals surface area contributed by atoms with E-state index in [4.69, 9.17) is 0 Å². The average Bonchev–Trinajstić information content (AvgIpc) is 2.83. The van der Waals surface area contributed by atoms with Gasteiger partial charge in [0.2, 0.25) is 0 Å². The van der Waals surface area contributed by atoms with E-state index in [1.165, 1.54) is 12.1 Å². The van der Waals surface area contributed by atoms with Crippen LogP contribution in [-0.4, -0.2) is 0 Å². The van der Waals surface area contributed by atoms with Gasteiger partial charge in [0.1, 0.15) is 11.6 Å². The van der Waals surface area contributed by atoms with Gasteiger partial charge in [-0.3, -0.25) is 0 Å². The summed E-state index contributed by atoms with van der Waals surface area (Å²) in [6.45, 7) is 0.511. The maximum atomic E-state index is 14.7. The van der Waals surface area contributed by atoms with Crippen LogP contribution < -0.4 is 5.32 Å². The van der Waals surface area contributed by atoms with Crippen molar-refractivity contribution in [2.45, 2.75) is 6.54 Å². The van der Waals surface area contributed by atoms with Crippen molar-refractivity contribution in [1.82, 2.24) is 0 Å². The van der Waals surface area contributed by atoms with E-state index in [9.17, 15) is 8.78 Å². The highest BCUT2D eigenvalue weighted by molar-refractivity contribution is 5.96. The first-order chi connectivity index (χ1) is 15.7. The molecule has 3 heteroatoms. The van der Waals surface area contributed by atoms with E-state index in [2.05, 4.69) is 11.4 Å².